The number of anilines is 1. The molecule has 0 spiro atoms. The van der Waals surface area contributed by atoms with E-state index in [1.54, 1.807) is 17.9 Å². The second kappa shape index (κ2) is 4.98. The smallest absolute Gasteiger partial charge is 0.242 e. The molecule has 0 amide bonds. The fourth-order valence-corrected chi connectivity index (χ4v) is 2.48. The molecule has 8 heteroatoms. The van der Waals surface area contributed by atoms with Crippen molar-refractivity contribution in [2.24, 2.45) is 7.05 Å². The number of sulfonamides is 1. The van der Waals surface area contributed by atoms with Crippen LogP contribution in [-0.2, 0) is 23.6 Å². The first kappa shape index (κ1) is 13.5. The molecule has 0 saturated heterocycles. The van der Waals surface area contributed by atoms with E-state index in [4.69, 9.17) is 5.73 Å². The summed E-state index contributed by atoms with van der Waals surface area (Å²) in [5.41, 5.74) is 7.16. The molecule has 0 aromatic carbocycles. The van der Waals surface area contributed by atoms with Crippen molar-refractivity contribution >= 4 is 15.8 Å². The van der Waals surface area contributed by atoms with Gasteiger partial charge in [0, 0.05) is 31.0 Å². The van der Waals surface area contributed by atoms with Crippen molar-refractivity contribution in [3.8, 4) is 0 Å². The molecule has 2 heterocycles. The van der Waals surface area contributed by atoms with Crippen LogP contribution >= 0.6 is 0 Å². The van der Waals surface area contributed by atoms with E-state index in [1.807, 2.05) is 6.92 Å². The second-order valence-corrected chi connectivity index (χ2v) is 5.89. The Bertz CT molecular complexity index is 676. The van der Waals surface area contributed by atoms with E-state index in [-0.39, 0.29) is 17.3 Å². The van der Waals surface area contributed by atoms with Gasteiger partial charge in [0.05, 0.1) is 6.20 Å². The minimum Gasteiger partial charge on any atom is -0.384 e. The van der Waals surface area contributed by atoms with Gasteiger partial charge in [0.1, 0.15) is 10.7 Å². The lowest BCUT2D eigenvalue weighted by atomic mass is 10.3. The lowest BCUT2D eigenvalue weighted by Gasteiger charge is -2.06. The van der Waals surface area contributed by atoms with Gasteiger partial charge in [-0.25, -0.2) is 18.1 Å². The van der Waals surface area contributed by atoms with E-state index in [2.05, 4.69) is 14.8 Å². The van der Waals surface area contributed by atoms with E-state index >= 15 is 0 Å². The van der Waals surface area contributed by atoms with Crippen molar-refractivity contribution in [1.29, 1.82) is 0 Å². The zero-order valence-electron chi connectivity index (χ0n) is 10.7. The van der Waals surface area contributed by atoms with Crippen molar-refractivity contribution in [3.63, 3.8) is 0 Å². The first-order valence-electron chi connectivity index (χ1n) is 5.59. The zero-order valence-corrected chi connectivity index (χ0v) is 11.5. The van der Waals surface area contributed by atoms with Crippen LogP contribution in [0.25, 0.3) is 0 Å². The van der Waals surface area contributed by atoms with E-state index in [0.717, 1.165) is 11.3 Å². The lowest BCUT2D eigenvalue weighted by molar-refractivity contribution is 0.580. The van der Waals surface area contributed by atoms with Crippen LogP contribution < -0.4 is 10.5 Å². The van der Waals surface area contributed by atoms with Gasteiger partial charge in [-0.2, -0.15) is 5.10 Å². The van der Waals surface area contributed by atoms with E-state index < -0.39 is 10.0 Å². The van der Waals surface area contributed by atoms with Crippen LogP contribution in [0.2, 0.25) is 0 Å². The number of hydrogen-bond acceptors (Lipinski definition) is 5. The maximum atomic E-state index is 12.0. The normalized spacial score (nSPS) is 11.7. The van der Waals surface area contributed by atoms with Crippen LogP contribution in [0.5, 0.6) is 0 Å². The summed E-state index contributed by atoms with van der Waals surface area (Å²) >= 11 is 0. The highest BCUT2D eigenvalue weighted by Gasteiger charge is 2.15. The molecule has 7 nitrogen and oxygen atoms in total. The van der Waals surface area contributed by atoms with Gasteiger partial charge < -0.3 is 5.73 Å². The standard InChI is InChI=1S/C11H15N5O2S/c1-8-9(5-14-16(8)2)6-15-19(17,18)10-3-4-11(12)13-7-10/h3-5,7,15H,6H2,1-2H3,(H2,12,13). The lowest BCUT2D eigenvalue weighted by Crippen LogP contribution is -2.23. The fraction of sp³-hybridized carbons (Fsp3) is 0.273. The van der Waals surface area contributed by atoms with Crippen LogP contribution in [0.3, 0.4) is 0 Å². The number of rotatable bonds is 4. The number of hydrogen-bond donors (Lipinski definition) is 2. The van der Waals surface area contributed by atoms with Gasteiger partial charge in [0.25, 0.3) is 0 Å². The molecule has 2 aromatic heterocycles. The summed E-state index contributed by atoms with van der Waals surface area (Å²) in [5.74, 6) is 0.280. The molecule has 0 fully saturated rings. The molecule has 0 aliphatic carbocycles. The number of nitrogen functional groups attached to an aromatic ring is 1. The Kier molecular flexibility index (Phi) is 3.54. The summed E-state index contributed by atoms with van der Waals surface area (Å²) < 4.78 is 28.2. The summed E-state index contributed by atoms with van der Waals surface area (Å²) in [5, 5.41) is 4.05. The molecule has 19 heavy (non-hydrogen) atoms. The molecular weight excluding hydrogens is 266 g/mol. The average molecular weight is 281 g/mol. The molecule has 0 saturated carbocycles. The number of aromatic nitrogens is 3. The van der Waals surface area contributed by atoms with Gasteiger partial charge in [0.2, 0.25) is 10.0 Å². The second-order valence-electron chi connectivity index (χ2n) is 4.12. The Balaban J connectivity index is 2.14. The number of pyridine rings is 1. The predicted molar refractivity (Wildman–Crippen MR) is 70.6 cm³/mol. The van der Waals surface area contributed by atoms with Crippen LogP contribution in [0.1, 0.15) is 11.3 Å². The van der Waals surface area contributed by atoms with Crippen LogP contribution in [0.15, 0.2) is 29.4 Å². The predicted octanol–water partition coefficient (Wildman–Crippen LogP) is 0.184. The number of aryl methyl sites for hydroxylation is 1. The van der Waals surface area contributed by atoms with Gasteiger partial charge in [-0.15, -0.1) is 0 Å². The summed E-state index contributed by atoms with van der Waals surface area (Å²) in [6.07, 6.45) is 2.87. The third-order valence-corrected chi connectivity index (χ3v) is 4.25. The van der Waals surface area contributed by atoms with Gasteiger partial charge in [0.15, 0.2) is 0 Å². The Morgan fingerprint density at radius 1 is 1.37 bits per heavy atom. The van der Waals surface area contributed by atoms with Crippen molar-refractivity contribution in [1.82, 2.24) is 19.5 Å². The highest BCUT2D eigenvalue weighted by molar-refractivity contribution is 7.89. The largest absolute Gasteiger partial charge is 0.384 e. The minimum absolute atomic E-state index is 0.0863. The molecule has 0 aliphatic rings. The van der Waals surface area contributed by atoms with Crippen LogP contribution in [-0.4, -0.2) is 23.2 Å². The highest BCUT2D eigenvalue weighted by Crippen LogP contribution is 2.11. The van der Waals surface area contributed by atoms with Crippen LogP contribution in [0.4, 0.5) is 5.82 Å². The van der Waals surface area contributed by atoms with Crippen molar-refractivity contribution in [3.05, 3.63) is 35.8 Å². The van der Waals surface area contributed by atoms with E-state index in [9.17, 15) is 8.42 Å². The fourth-order valence-electron chi connectivity index (χ4n) is 1.52. The first-order chi connectivity index (χ1) is 8.90. The van der Waals surface area contributed by atoms with Gasteiger partial charge >= 0.3 is 0 Å². The Morgan fingerprint density at radius 3 is 2.63 bits per heavy atom. The molecule has 0 unspecified atom stereocenters. The Labute approximate surface area is 111 Å². The topological polar surface area (TPSA) is 103 Å². The SMILES string of the molecule is Cc1c(CNS(=O)(=O)c2ccc(N)nc2)cnn1C. The van der Waals surface area contributed by atoms with Crippen molar-refractivity contribution in [2.75, 3.05) is 5.73 Å². The third kappa shape index (κ3) is 2.91. The summed E-state index contributed by atoms with van der Waals surface area (Å²) in [6.45, 7) is 2.06. The Morgan fingerprint density at radius 2 is 2.11 bits per heavy atom. The number of nitrogens with two attached hydrogens (primary N) is 1. The van der Waals surface area contributed by atoms with Crippen molar-refractivity contribution < 1.29 is 8.42 Å². The molecule has 2 rings (SSSR count). The first-order valence-corrected chi connectivity index (χ1v) is 7.07. The molecule has 3 N–H and O–H groups in total. The summed E-state index contributed by atoms with van der Waals surface area (Å²) in [4.78, 5) is 3.85. The van der Waals surface area contributed by atoms with Gasteiger partial charge in [-0.1, -0.05) is 0 Å². The Hall–Kier alpha value is -1.93. The molecule has 0 bridgehead atoms. The quantitative estimate of drug-likeness (QED) is 0.832. The highest BCUT2D eigenvalue weighted by atomic mass is 32.2. The third-order valence-electron chi connectivity index (χ3n) is 2.86. The molecule has 0 atom stereocenters. The summed E-state index contributed by atoms with van der Waals surface area (Å²) in [6, 6.07) is 2.87. The van der Waals surface area contributed by atoms with Crippen molar-refractivity contribution in [2.45, 2.75) is 18.4 Å². The maximum absolute atomic E-state index is 12.0. The minimum atomic E-state index is -3.59. The zero-order chi connectivity index (χ0) is 14.0. The molecule has 0 aliphatic heterocycles. The van der Waals surface area contributed by atoms with E-state index in [0.29, 0.717) is 0 Å². The van der Waals surface area contributed by atoms with Gasteiger partial charge in [-0.05, 0) is 19.1 Å². The summed E-state index contributed by atoms with van der Waals surface area (Å²) in [7, 11) is -1.79. The molecule has 0 radical (unpaired) electrons. The number of nitrogens with zero attached hydrogens (tertiary/aromatic N) is 3. The van der Waals surface area contributed by atoms with E-state index in [1.165, 1.54) is 18.3 Å². The monoisotopic (exact) mass is 281 g/mol. The van der Waals surface area contributed by atoms with Gasteiger partial charge in [-0.3, -0.25) is 4.68 Å². The average Bonchev–Trinajstić information content (AvgIpc) is 2.68. The maximum Gasteiger partial charge on any atom is 0.242 e. The molecule has 102 valence electrons. The number of nitrogens with one attached hydrogen (secondary N) is 1. The molecule has 2 aromatic rings. The van der Waals surface area contributed by atoms with Crippen LogP contribution in [0, 0.1) is 6.92 Å². The molecular formula is C11H15N5O2S.